The van der Waals surface area contributed by atoms with Gasteiger partial charge in [0.1, 0.15) is 6.17 Å². The zero-order valence-electron chi connectivity index (χ0n) is 11.3. The Labute approximate surface area is 126 Å². The summed E-state index contributed by atoms with van der Waals surface area (Å²) in [5.41, 5.74) is 0.749. The third-order valence-electron chi connectivity index (χ3n) is 4.48. The van der Waals surface area contributed by atoms with E-state index in [0.29, 0.717) is 6.42 Å². The highest BCUT2D eigenvalue weighted by atomic mass is 79.9. The van der Waals surface area contributed by atoms with Crippen molar-refractivity contribution in [1.29, 1.82) is 0 Å². The zero-order chi connectivity index (χ0) is 14.3. The number of benzene rings is 1. The second-order valence-electron chi connectivity index (χ2n) is 6.04. The van der Waals surface area contributed by atoms with Crippen LogP contribution in [0, 0.1) is 5.92 Å². The first kappa shape index (κ1) is 13.9. The number of urea groups is 1. The van der Waals surface area contributed by atoms with E-state index >= 15 is 0 Å². The van der Waals surface area contributed by atoms with Crippen molar-refractivity contribution in [1.82, 2.24) is 10.6 Å². The van der Waals surface area contributed by atoms with Crippen LogP contribution in [0.3, 0.4) is 0 Å². The predicted molar refractivity (Wildman–Crippen MR) is 79.2 cm³/mol. The highest BCUT2D eigenvalue weighted by Crippen LogP contribution is 2.53. The van der Waals surface area contributed by atoms with Crippen LogP contribution in [0.25, 0.3) is 0 Å². The molecule has 4 rings (SSSR count). The van der Waals surface area contributed by atoms with Crippen molar-refractivity contribution in [2.24, 2.45) is 5.92 Å². The van der Waals surface area contributed by atoms with E-state index in [2.05, 4.69) is 26.6 Å². The molecule has 3 aliphatic carbocycles. The zero-order valence-corrected chi connectivity index (χ0v) is 12.9. The molecule has 2 amide bonds. The first-order chi connectivity index (χ1) is 9.47. The van der Waals surface area contributed by atoms with Crippen LogP contribution in [0.15, 0.2) is 28.7 Å². The molecule has 3 fully saturated rings. The fraction of sp³-hybridized carbons (Fsp3) is 0.533. The van der Waals surface area contributed by atoms with E-state index in [9.17, 15) is 9.18 Å². The van der Waals surface area contributed by atoms with Crippen molar-refractivity contribution in [3.63, 3.8) is 0 Å². The van der Waals surface area contributed by atoms with Gasteiger partial charge in [-0.25, -0.2) is 9.18 Å². The van der Waals surface area contributed by atoms with Crippen LogP contribution in [0.1, 0.15) is 37.8 Å². The fourth-order valence-corrected chi connectivity index (χ4v) is 3.81. The maximum atomic E-state index is 13.4. The fourth-order valence-electron chi connectivity index (χ4n) is 3.39. The lowest BCUT2D eigenvalue weighted by Gasteiger charge is -2.38. The van der Waals surface area contributed by atoms with E-state index in [0.717, 1.165) is 22.9 Å². The standard InChI is InChI=1S/C15H18BrFN2O/c1-9(10-3-2-4-12(16)5-10)18-14(20)19-15-6-11(7-15)13(17)8-15/h2-5,9,11,13H,6-8H2,1H3,(H2,18,19,20)/t9-,11?,13-,15?/m0/s1. The summed E-state index contributed by atoms with van der Waals surface area (Å²) in [7, 11) is 0. The van der Waals surface area contributed by atoms with Crippen LogP contribution in [-0.4, -0.2) is 17.7 Å². The number of hydrogen-bond donors (Lipinski definition) is 2. The Morgan fingerprint density at radius 1 is 1.45 bits per heavy atom. The van der Waals surface area contributed by atoms with Gasteiger partial charge < -0.3 is 10.6 Å². The van der Waals surface area contributed by atoms with Crippen molar-refractivity contribution < 1.29 is 9.18 Å². The number of rotatable bonds is 3. The number of amides is 2. The SMILES string of the molecule is C[C@H](NC(=O)NC12CC(C1)[C@@H](F)C2)c1cccc(Br)c1. The molecule has 2 atom stereocenters. The van der Waals surface area contributed by atoms with E-state index in [1.54, 1.807) is 0 Å². The molecule has 0 spiro atoms. The highest BCUT2D eigenvalue weighted by Gasteiger charge is 2.57. The number of hydrogen-bond acceptors (Lipinski definition) is 1. The summed E-state index contributed by atoms with van der Waals surface area (Å²) in [4.78, 5) is 12.0. The second-order valence-corrected chi connectivity index (χ2v) is 6.96. The smallest absolute Gasteiger partial charge is 0.315 e. The summed E-state index contributed by atoms with van der Waals surface area (Å²) >= 11 is 3.42. The first-order valence-corrected chi connectivity index (χ1v) is 7.75. The number of fused-ring (bicyclic) bond motifs is 1. The second kappa shape index (κ2) is 5.02. The topological polar surface area (TPSA) is 41.1 Å². The Morgan fingerprint density at radius 3 is 2.80 bits per heavy atom. The summed E-state index contributed by atoms with van der Waals surface area (Å²) in [6.45, 7) is 1.94. The van der Waals surface area contributed by atoms with Gasteiger partial charge in [-0.05, 0) is 43.4 Å². The van der Waals surface area contributed by atoms with Crippen molar-refractivity contribution in [3.8, 4) is 0 Å². The van der Waals surface area contributed by atoms with Crippen LogP contribution in [-0.2, 0) is 0 Å². The van der Waals surface area contributed by atoms with Crippen molar-refractivity contribution in [2.45, 2.75) is 43.9 Å². The molecule has 3 nitrogen and oxygen atoms in total. The number of nitrogens with one attached hydrogen (secondary N) is 2. The van der Waals surface area contributed by atoms with Gasteiger partial charge >= 0.3 is 6.03 Å². The maximum Gasteiger partial charge on any atom is 0.315 e. The number of carbonyl (C=O) groups excluding carboxylic acids is 1. The molecule has 2 bridgehead atoms. The lowest BCUT2D eigenvalue weighted by Crippen LogP contribution is -2.55. The van der Waals surface area contributed by atoms with Gasteiger partial charge in [-0.1, -0.05) is 28.1 Å². The van der Waals surface area contributed by atoms with Gasteiger partial charge in [0.2, 0.25) is 0 Å². The molecule has 108 valence electrons. The molecule has 20 heavy (non-hydrogen) atoms. The van der Waals surface area contributed by atoms with Crippen molar-refractivity contribution in [3.05, 3.63) is 34.3 Å². The van der Waals surface area contributed by atoms with Crippen LogP contribution in [0.2, 0.25) is 0 Å². The Balaban J connectivity index is 1.57. The summed E-state index contributed by atoms with van der Waals surface area (Å²) in [6, 6.07) is 7.56. The van der Waals surface area contributed by atoms with Gasteiger partial charge in [-0.3, -0.25) is 0 Å². The van der Waals surface area contributed by atoms with E-state index in [1.165, 1.54) is 0 Å². The number of carbonyl (C=O) groups is 1. The van der Waals surface area contributed by atoms with Crippen LogP contribution in [0.4, 0.5) is 9.18 Å². The minimum absolute atomic E-state index is 0.0812. The van der Waals surface area contributed by atoms with Gasteiger partial charge in [0.25, 0.3) is 0 Å². The molecule has 0 aromatic heterocycles. The van der Waals surface area contributed by atoms with Gasteiger partial charge in [0.05, 0.1) is 6.04 Å². The van der Waals surface area contributed by atoms with E-state index in [4.69, 9.17) is 0 Å². The number of halogens is 2. The molecule has 3 saturated carbocycles. The van der Waals surface area contributed by atoms with Gasteiger partial charge in [-0.15, -0.1) is 0 Å². The molecular weight excluding hydrogens is 323 g/mol. The first-order valence-electron chi connectivity index (χ1n) is 6.96. The minimum atomic E-state index is -0.738. The minimum Gasteiger partial charge on any atom is -0.333 e. The molecule has 0 saturated heterocycles. The average Bonchev–Trinajstić information content (AvgIpc) is 2.80. The van der Waals surface area contributed by atoms with E-state index < -0.39 is 6.17 Å². The average molecular weight is 341 g/mol. The van der Waals surface area contributed by atoms with Gasteiger partial charge in [0, 0.05) is 16.4 Å². The molecule has 0 heterocycles. The Morgan fingerprint density at radius 2 is 2.20 bits per heavy atom. The third kappa shape index (κ3) is 2.55. The molecule has 1 aromatic rings. The monoisotopic (exact) mass is 340 g/mol. The molecule has 0 unspecified atom stereocenters. The molecule has 2 N–H and O–H groups in total. The van der Waals surface area contributed by atoms with Crippen LogP contribution < -0.4 is 10.6 Å². The maximum absolute atomic E-state index is 13.4. The summed E-state index contributed by atoms with van der Waals surface area (Å²) in [6.07, 6.45) is 1.30. The Hall–Kier alpha value is -1.10. The Bertz CT molecular complexity index is 530. The van der Waals surface area contributed by atoms with Gasteiger partial charge in [-0.2, -0.15) is 0 Å². The molecule has 5 heteroatoms. The summed E-state index contributed by atoms with van der Waals surface area (Å²) < 4.78 is 14.4. The molecule has 0 radical (unpaired) electrons. The lowest BCUT2D eigenvalue weighted by atomic mass is 9.77. The molecule has 0 aliphatic heterocycles. The van der Waals surface area contributed by atoms with Crippen molar-refractivity contribution in [2.75, 3.05) is 0 Å². The molecule has 3 aliphatic rings. The lowest BCUT2D eigenvalue weighted by molar-refractivity contribution is 0.167. The normalized spacial score (nSPS) is 32.4. The molecule has 1 aromatic carbocycles. The quantitative estimate of drug-likeness (QED) is 0.865. The number of alkyl halides is 1. The largest absolute Gasteiger partial charge is 0.333 e. The molecular formula is C15H18BrFN2O. The summed E-state index contributed by atoms with van der Waals surface area (Å²) in [5, 5.41) is 5.89. The summed E-state index contributed by atoms with van der Waals surface area (Å²) in [5.74, 6) is 0.165. The van der Waals surface area contributed by atoms with E-state index in [-0.39, 0.29) is 23.5 Å². The Kier molecular flexibility index (Phi) is 3.48. The van der Waals surface area contributed by atoms with E-state index in [1.807, 2.05) is 31.2 Å². The highest BCUT2D eigenvalue weighted by molar-refractivity contribution is 9.10. The van der Waals surface area contributed by atoms with Gasteiger partial charge in [0.15, 0.2) is 0 Å². The van der Waals surface area contributed by atoms with Crippen LogP contribution >= 0.6 is 15.9 Å². The predicted octanol–water partition coefficient (Wildman–Crippen LogP) is 3.70. The third-order valence-corrected chi connectivity index (χ3v) is 4.97. The van der Waals surface area contributed by atoms with Crippen molar-refractivity contribution >= 4 is 22.0 Å². The van der Waals surface area contributed by atoms with Crippen LogP contribution in [0.5, 0.6) is 0 Å².